The van der Waals surface area contributed by atoms with Crippen LogP contribution in [-0.4, -0.2) is 218 Å². The van der Waals surface area contributed by atoms with Crippen LogP contribution < -0.4 is 26.6 Å². The SMILES string of the molecule is CC(c1ccc(Cl)cc1Cl)n1ncc2ccc(N3CCN(C(=O)[C@H]4CCCCN4)[C@H](CO)C3)cc21.CC(c1ccc(Cl)cc1Cl)n1nnc2c(F)cc(C3=CCN(C(=O)[C@H]4CCCN4)CC3)cc21.CC(c1ccc(Cl)cc1Cl)n1nnc2ccc(C3=CCN(C(=O)[C@H]4CCCCN4)CC3)cc21.Cc1ccc(C(C)n2nnc3ccc(C4=CCN(C(=O)C5(N)CCCCC5)CC4)cc32)c(Cl)c1. The van der Waals surface area contributed by atoms with Gasteiger partial charge in [0.1, 0.15) is 16.6 Å². The van der Waals surface area contributed by atoms with Crippen LogP contribution in [-0.2, 0) is 19.2 Å². The predicted molar refractivity (Wildman–Crippen MR) is 538 cm³/mol. The van der Waals surface area contributed by atoms with E-state index in [1.807, 2.05) is 114 Å². The van der Waals surface area contributed by atoms with E-state index < -0.39 is 11.4 Å². The predicted octanol–water partition coefficient (Wildman–Crippen LogP) is 19.3. The molecule has 25 nitrogen and oxygen atoms in total. The average molecular weight is 1970 g/mol. The van der Waals surface area contributed by atoms with Gasteiger partial charge in [0.25, 0.3) is 0 Å². The minimum atomic E-state index is -0.673. The number of nitrogens with zero attached hydrogens (tertiary/aromatic N) is 16. The van der Waals surface area contributed by atoms with E-state index in [9.17, 15) is 28.7 Å². The molecule has 1 aliphatic carbocycles. The molecule has 1 saturated carbocycles. The molecule has 6 N–H and O–H groups in total. The Morgan fingerprint density at radius 1 is 0.467 bits per heavy atom. The average Bonchev–Trinajstić information content (AvgIpc) is 1.62. The Balaban J connectivity index is 0.000000125. The summed E-state index contributed by atoms with van der Waals surface area (Å²) in [5, 5.41) is 55.9. The van der Waals surface area contributed by atoms with Crippen LogP contribution in [0.3, 0.4) is 0 Å². The molecule has 135 heavy (non-hydrogen) atoms. The third kappa shape index (κ3) is 21.5. The van der Waals surface area contributed by atoms with Crippen LogP contribution in [0.15, 0.2) is 164 Å². The zero-order valence-electron chi connectivity index (χ0n) is 76.6. The van der Waals surface area contributed by atoms with E-state index in [1.54, 1.807) is 28.9 Å². The highest BCUT2D eigenvalue weighted by molar-refractivity contribution is 6.36. The first-order chi connectivity index (χ1) is 65.2. The second-order valence-electron chi connectivity index (χ2n) is 36.8. The van der Waals surface area contributed by atoms with Gasteiger partial charge in [-0.1, -0.05) is 190 Å². The van der Waals surface area contributed by atoms with Crippen LogP contribution in [0.4, 0.5) is 10.1 Å². The van der Waals surface area contributed by atoms with Crippen molar-refractivity contribution in [3.8, 4) is 0 Å². The molecule has 4 aromatic heterocycles. The first kappa shape index (κ1) is 96.8. The molecule has 0 spiro atoms. The summed E-state index contributed by atoms with van der Waals surface area (Å²) < 4.78 is 22.5. The van der Waals surface area contributed by atoms with E-state index in [1.165, 1.54) is 23.6 Å². The lowest BCUT2D eigenvalue weighted by atomic mass is 9.81. The van der Waals surface area contributed by atoms with Gasteiger partial charge in [-0.15, -0.1) is 15.3 Å². The Labute approximate surface area is 820 Å². The van der Waals surface area contributed by atoms with Crippen LogP contribution in [0.25, 0.3) is 60.7 Å². The van der Waals surface area contributed by atoms with Crippen molar-refractivity contribution in [2.45, 2.75) is 191 Å². The van der Waals surface area contributed by atoms with Gasteiger partial charge in [-0.2, -0.15) is 5.10 Å². The zero-order valence-corrected chi connectivity index (χ0v) is 81.8. The molecular weight excluding hydrogens is 1850 g/mol. The highest BCUT2D eigenvalue weighted by Gasteiger charge is 2.40. The molecule has 11 heterocycles. The summed E-state index contributed by atoms with van der Waals surface area (Å²) in [6, 6.07) is 43.8. The second kappa shape index (κ2) is 43.0. The second-order valence-corrected chi connectivity index (χ2v) is 39.8. The molecule has 33 heteroatoms. The zero-order chi connectivity index (χ0) is 94.5. The van der Waals surface area contributed by atoms with Crippen molar-refractivity contribution in [1.82, 2.24) is 90.3 Å². The molecule has 0 radical (unpaired) electrons. The first-order valence-electron chi connectivity index (χ1n) is 47.2. The molecule has 708 valence electrons. The lowest BCUT2D eigenvalue weighted by Crippen LogP contribution is -2.60. The summed E-state index contributed by atoms with van der Waals surface area (Å²) in [4.78, 5) is 61.6. The number of halogens is 8. The minimum Gasteiger partial charge on any atom is -0.394 e. The number of nitrogens with two attached hydrogens (primary N) is 1. The summed E-state index contributed by atoms with van der Waals surface area (Å²) >= 11 is 44.1. The number of nitrogens with one attached hydrogen (secondary N) is 3. The van der Waals surface area contributed by atoms with Crippen molar-refractivity contribution >= 4 is 171 Å². The number of piperazine rings is 1. The molecule has 8 aromatic carbocycles. The number of hydrogen-bond donors (Lipinski definition) is 5. The summed E-state index contributed by atoms with van der Waals surface area (Å²) in [7, 11) is 0. The smallest absolute Gasteiger partial charge is 0.242 e. The summed E-state index contributed by atoms with van der Waals surface area (Å²) in [5.41, 5.74) is 23.8. The van der Waals surface area contributed by atoms with E-state index in [0.717, 1.165) is 210 Å². The number of rotatable bonds is 17. The van der Waals surface area contributed by atoms with E-state index in [-0.39, 0.29) is 84.1 Å². The number of carbonyl (C=O) groups excluding carboxylic acids is 4. The van der Waals surface area contributed by atoms with Crippen molar-refractivity contribution in [3.63, 3.8) is 0 Å². The third-order valence-electron chi connectivity index (χ3n) is 28.1. The molecule has 8 aliphatic rings. The minimum absolute atomic E-state index is 0.0216. The van der Waals surface area contributed by atoms with Crippen LogP contribution >= 0.6 is 81.2 Å². The van der Waals surface area contributed by atoms with Gasteiger partial charge in [-0.3, -0.25) is 23.9 Å². The maximum absolute atomic E-state index is 15.0. The van der Waals surface area contributed by atoms with Gasteiger partial charge in [0.2, 0.25) is 23.6 Å². The number of benzene rings is 8. The highest BCUT2D eigenvalue weighted by Crippen LogP contribution is 2.40. The fourth-order valence-electron chi connectivity index (χ4n) is 20.2. The Morgan fingerprint density at radius 3 is 1.41 bits per heavy atom. The molecule has 0 bridgehead atoms. The van der Waals surface area contributed by atoms with Crippen molar-refractivity contribution in [2.24, 2.45) is 5.73 Å². The van der Waals surface area contributed by atoms with Crippen LogP contribution in [0.5, 0.6) is 0 Å². The molecule has 20 rings (SSSR count). The quantitative estimate of drug-likeness (QED) is 0.0566. The number of anilines is 1. The topological polar surface area (TPSA) is 277 Å². The van der Waals surface area contributed by atoms with Crippen molar-refractivity contribution < 1.29 is 28.7 Å². The number of aromatic nitrogens is 11. The number of fused-ring (bicyclic) bond motifs is 4. The fourth-order valence-corrected chi connectivity index (χ4v) is 22.2. The van der Waals surface area contributed by atoms with E-state index >= 15 is 0 Å². The number of hydrogen-bond acceptors (Lipinski definition) is 17. The highest BCUT2D eigenvalue weighted by atomic mass is 35.5. The van der Waals surface area contributed by atoms with Gasteiger partial charge in [0, 0.05) is 105 Å². The Kier molecular flexibility index (Phi) is 30.8. The van der Waals surface area contributed by atoms with E-state index in [2.05, 4.69) is 144 Å². The molecule has 8 atom stereocenters. The van der Waals surface area contributed by atoms with E-state index in [0.29, 0.717) is 94.4 Å². The maximum atomic E-state index is 15.0. The molecular formula is C102H114Cl7FN20O5. The number of aliphatic hydroxyl groups is 1. The maximum Gasteiger partial charge on any atom is 0.242 e. The monoisotopic (exact) mass is 1960 g/mol. The number of amides is 4. The van der Waals surface area contributed by atoms with E-state index in [4.69, 9.17) is 86.9 Å². The third-order valence-corrected chi connectivity index (χ3v) is 30.1. The molecule has 4 saturated heterocycles. The van der Waals surface area contributed by atoms with Crippen LogP contribution in [0, 0.1) is 12.7 Å². The normalized spacial score (nSPS) is 20.2. The van der Waals surface area contributed by atoms with Gasteiger partial charge in [-0.05, 0) is 283 Å². The molecule has 5 fully saturated rings. The standard InChI is InChI=1S/C27H32ClN5O.C26H31Cl2N5O2.C25H27Cl2N5O.C24H24Cl2FN5O/c1-18-6-8-22(23(28)16-18)19(2)33-25-17-21(7-9-24(25)30-31-33)20-10-14-32(15-11-20)26(34)27(29)12-4-3-5-13-27;1-17(22-8-6-19(27)12-23(22)28)33-25-13-20(7-5-18(25)14-30-33)31-10-11-32(21(15-31)16-34)26(35)24-4-2-3-9-29-24;1-16(20-7-6-19(26)15-21(20)27)32-24-14-18(5-8-22(24)29-30-32)17-9-12-31(13-10-17)25(33)23-4-2-3-11-28-23;1-14(18-5-4-17(25)13-19(18)26)32-22-12-16(11-20(27)23(22)29-30-32)15-6-9-31(10-7-15)24(33)21-3-2-8-28-21/h6-10,16-17,19H,3-5,11-15,29H2,1-2H3;5-8,12-14,17,21,24,29,34H,2-4,9-11,15-16H2,1H3;5-9,14-16,23,28H,2-4,10-13H2,1H3;4-6,11-14,21,28H,2-3,7-10H2,1H3/t;17?,21-,24+;16?,23-;14?,21-/m.011/s1. The van der Waals surface area contributed by atoms with Crippen molar-refractivity contribution in [2.75, 3.05) is 90.0 Å². The fraction of sp³-hybridized carbons (Fsp3) is 0.422. The number of aliphatic hydroxyl groups excluding tert-OH is 1. The number of carbonyl (C=O) groups is 4. The Hall–Kier alpha value is -9.91. The molecule has 7 aliphatic heterocycles. The van der Waals surface area contributed by atoms with Crippen molar-refractivity contribution in [1.29, 1.82) is 0 Å². The molecule has 12 aromatic rings. The lowest BCUT2D eigenvalue weighted by Gasteiger charge is -2.43. The Morgan fingerprint density at radius 2 is 0.926 bits per heavy atom. The number of piperidine rings is 2. The summed E-state index contributed by atoms with van der Waals surface area (Å²) in [6.07, 6.45) is 23.6. The van der Waals surface area contributed by atoms with Gasteiger partial charge in [-0.25, -0.2) is 18.4 Å². The van der Waals surface area contributed by atoms with Crippen LogP contribution in [0.2, 0.25) is 35.2 Å². The number of aryl methyl sites for hydroxylation is 1. The van der Waals surface area contributed by atoms with Gasteiger partial charge in [0.15, 0.2) is 5.82 Å². The molecule has 4 amide bonds. The summed E-state index contributed by atoms with van der Waals surface area (Å²) in [6.45, 7) is 18.6. The lowest BCUT2D eigenvalue weighted by molar-refractivity contribution is -0.138. The molecule has 4 unspecified atom stereocenters. The van der Waals surface area contributed by atoms with Gasteiger partial charge < -0.3 is 51.3 Å². The van der Waals surface area contributed by atoms with Crippen molar-refractivity contribution in [3.05, 3.63) is 249 Å². The summed E-state index contributed by atoms with van der Waals surface area (Å²) in [5.74, 6) is 0.198. The van der Waals surface area contributed by atoms with Gasteiger partial charge in [0.05, 0.1) is 88.7 Å². The van der Waals surface area contributed by atoms with Crippen LogP contribution in [0.1, 0.15) is 199 Å². The largest absolute Gasteiger partial charge is 0.394 e. The Bertz CT molecular complexity index is 6470. The van der Waals surface area contributed by atoms with Gasteiger partial charge >= 0.3 is 0 Å². The first-order valence-corrected chi connectivity index (χ1v) is 49.8.